The van der Waals surface area contributed by atoms with E-state index in [-0.39, 0.29) is 10.8 Å². The summed E-state index contributed by atoms with van der Waals surface area (Å²) in [7, 11) is 0.223. The molecule has 146 valence electrons. The van der Waals surface area contributed by atoms with Gasteiger partial charge in [0.05, 0.1) is 15.6 Å². The molecule has 0 heterocycles. The highest BCUT2D eigenvalue weighted by Gasteiger charge is 2.21. The van der Waals surface area contributed by atoms with Crippen molar-refractivity contribution in [2.24, 2.45) is 0 Å². The van der Waals surface area contributed by atoms with Crippen LogP contribution in [0.4, 0.5) is 11.4 Å². The maximum Gasteiger partial charge on any atom is 0.255 e. The third-order valence-electron chi connectivity index (χ3n) is 4.15. The summed E-state index contributed by atoms with van der Waals surface area (Å²) in [5.74, 6) is -0.338. The Balaban J connectivity index is 2.18. The lowest BCUT2D eigenvalue weighted by molar-refractivity contribution is 0.102. The van der Waals surface area contributed by atoms with E-state index in [0.717, 1.165) is 5.69 Å². The van der Waals surface area contributed by atoms with E-state index < -0.39 is 10.0 Å². The monoisotopic (exact) mass is 409 g/mol. The Hall–Kier alpha value is -2.09. The second-order valence-corrected chi connectivity index (χ2v) is 8.47. The fourth-order valence-corrected chi connectivity index (χ4v) is 4.45. The van der Waals surface area contributed by atoms with Crippen LogP contribution in [0.1, 0.15) is 24.2 Å². The molecule has 0 aliphatic carbocycles. The smallest absolute Gasteiger partial charge is 0.255 e. The van der Waals surface area contributed by atoms with Gasteiger partial charge in [0.25, 0.3) is 5.91 Å². The van der Waals surface area contributed by atoms with Gasteiger partial charge in [0.1, 0.15) is 0 Å². The van der Waals surface area contributed by atoms with Crippen molar-refractivity contribution in [2.45, 2.75) is 18.7 Å². The number of carbonyl (C=O) groups excluding carboxylic acids is 1. The van der Waals surface area contributed by atoms with Gasteiger partial charge in [-0.1, -0.05) is 25.4 Å². The van der Waals surface area contributed by atoms with Crippen molar-refractivity contribution in [3.63, 3.8) is 0 Å². The first-order valence-corrected chi connectivity index (χ1v) is 10.4. The minimum atomic E-state index is -3.54. The Morgan fingerprint density at radius 3 is 2.11 bits per heavy atom. The van der Waals surface area contributed by atoms with E-state index in [1.54, 1.807) is 26.0 Å². The molecule has 6 nitrogen and oxygen atoms in total. The quantitative estimate of drug-likeness (QED) is 0.757. The lowest BCUT2D eigenvalue weighted by atomic mass is 10.2. The number of hydrogen-bond acceptors (Lipinski definition) is 4. The standard InChI is InChI=1S/C19H24ClN3O3S/c1-5-23(6-2)27(25,26)16-10-7-14(8-11-16)19(24)21-15-9-12-18(22(3)4)17(20)13-15/h7-13H,5-6H2,1-4H3,(H,21,24). The molecule has 2 aromatic carbocycles. The van der Waals surface area contributed by atoms with E-state index >= 15 is 0 Å². The van der Waals surface area contributed by atoms with Crippen molar-refractivity contribution in [1.29, 1.82) is 0 Å². The van der Waals surface area contributed by atoms with Crippen molar-refractivity contribution in [2.75, 3.05) is 37.4 Å². The van der Waals surface area contributed by atoms with E-state index in [1.165, 1.54) is 28.6 Å². The molecule has 2 rings (SSSR count). The van der Waals surface area contributed by atoms with Crippen LogP contribution in [0.25, 0.3) is 0 Å². The van der Waals surface area contributed by atoms with E-state index in [0.29, 0.717) is 29.4 Å². The lowest BCUT2D eigenvalue weighted by Gasteiger charge is -2.18. The van der Waals surface area contributed by atoms with Crippen LogP contribution in [0.3, 0.4) is 0 Å². The van der Waals surface area contributed by atoms with Crippen LogP contribution >= 0.6 is 11.6 Å². The first-order valence-electron chi connectivity index (χ1n) is 8.59. The van der Waals surface area contributed by atoms with Gasteiger partial charge in [0, 0.05) is 38.4 Å². The predicted molar refractivity (Wildman–Crippen MR) is 110 cm³/mol. The molecule has 0 saturated heterocycles. The number of sulfonamides is 1. The summed E-state index contributed by atoms with van der Waals surface area (Å²) in [5.41, 5.74) is 1.78. The van der Waals surface area contributed by atoms with Crippen LogP contribution in [-0.4, -0.2) is 45.8 Å². The molecular weight excluding hydrogens is 386 g/mol. The van der Waals surface area contributed by atoms with Gasteiger partial charge in [-0.2, -0.15) is 4.31 Å². The first-order chi connectivity index (χ1) is 12.7. The zero-order chi connectivity index (χ0) is 20.2. The number of anilines is 2. The SMILES string of the molecule is CCN(CC)S(=O)(=O)c1ccc(C(=O)Nc2ccc(N(C)C)c(Cl)c2)cc1. The van der Waals surface area contributed by atoms with Gasteiger partial charge in [0.15, 0.2) is 0 Å². The highest BCUT2D eigenvalue weighted by Crippen LogP contribution is 2.27. The van der Waals surface area contributed by atoms with Gasteiger partial charge in [-0.15, -0.1) is 0 Å². The average Bonchev–Trinajstić information content (AvgIpc) is 2.62. The van der Waals surface area contributed by atoms with Crippen LogP contribution in [0, 0.1) is 0 Å². The minimum Gasteiger partial charge on any atom is -0.376 e. The van der Waals surface area contributed by atoms with Gasteiger partial charge < -0.3 is 10.2 Å². The highest BCUT2D eigenvalue weighted by atomic mass is 35.5. The minimum absolute atomic E-state index is 0.168. The Morgan fingerprint density at radius 1 is 1.04 bits per heavy atom. The number of amides is 1. The fraction of sp³-hybridized carbons (Fsp3) is 0.316. The summed E-state index contributed by atoms with van der Waals surface area (Å²) in [4.78, 5) is 14.5. The number of halogens is 1. The molecule has 0 bridgehead atoms. The third-order valence-corrected chi connectivity index (χ3v) is 6.51. The Morgan fingerprint density at radius 2 is 1.63 bits per heavy atom. The zero-order valence-corrected chi connectivity index (χ0v) is 17.4. The summed E-state index contributed by atoms with van der Waals surface area (Å²) >= 11 is 6.22. The maximum atomic E-state index is 12.5. The lowest BCUT2D eigenvalue weighted by Crippen LogP contribution is -2.30. The summed E-state index contributed by atoms with van der Waals surface area (Å²) in [6.45, 7) is 4.36. The Labute approximate surface area is 165 Å². The molecule has 27 heavy (non-hydrogen) atoms. The Kier molecular flexibility index (Phi) is 6.86. The summed E-state index contributed by atoms with van der Waals surface area (Å²) in [5, 5.41) is 3.29. The second kappa shape index (κ2) is 8.73. The topological polar surface area (TPSA) is 69.7 Å². The summed E-state index contributed by atoms with van der Waals surface area (Å²) in [6, 6.07) is 11.2. The molecule has 2 aromatic rings. The third kappa shape index (κ3) is 4.80. The molecule has 0 aromatic heterocycles. The van der Waals surface area contributed by atoms with E-state index in [1.807, 2.05) is 25.1 Å². The van der Waals surface area contributed by atoms with E-state index in [9.17, 15) is 13.2 Å². The van der Waals surface area contributed by atoms with Gasteiger partial charge in [0.2, 0.25) is 10.0 Å². The predicted octanol–water partition coefficient (Wildman–Crippen LogP) is 3.69. The van der Waals surface area contributed by atoms with E-state index in [2.05, 4.69) is 5.32 Å². The van der Waals surface area contributed by atoms with Crippen LogP contribution in [-0.2, 0) is 10.0 Å². The molecule has 0 atom stereocenters. The van der Waals surface area contributed by atoms with Gasteiger partial charge in [-0.3, -0.25) is 4.79 Å². The van der Waals surface area contributed by atoms with Crippen LogP contribution < -0.4 is 10.2 Å². The number of nitrogens with zero attached hydrogens (tertiary/aromatic N) is 2. The molecule has 0 aliphatic heterocycles. The maximum absolute atomic E-state index is 12.5. The molecule has 0 spiro atoms. The van der Waals surface area contributed by atoms with Crippen molar-refractivity contribution in [1.82, 2.24) is 4.31 Å². The second-order valence-electron chi connectivity index (χ2n) is 6.13. The molecule has 0 aliphatic rings. The zero-order valence-electron chi connectivity index (χ0n) is 15.9. The van der Waals surface area contributed by atoms with Crippen LogP contribution in [0.5, 0.6) is 0 Å². The molecule has 1 amide bonds. The summed E-state index contributed by atoms with van der Waals surface area (Å²) in [6.07, 6.45) is 0. The number of rotatable bonds is 7. The van der Waals surface area contributed by atoms with Crippen molar-refractivity contribution in [3.05, 3.63) is 53.1 Å². The average molecular weight is 410 g/mol. The molecule has 1 N–H and O–H groups in total. The molecule has 0 fully saturated rings. The summed E-state index contributed by atoms with van der Waals surface area (Å²) < 4.78 is 26.4. The van der Waals surface area contributed by atoms with Gasteiger partial charge in [-0.05, 0) is 42.5 Å². The number of nitrogens with one attached hydrogen (secondary N) is 1. The van der Waals surface area contributed by atoms with Crippen molar-refractivity contribution in [3.8, 4) is 0 Å². The normalized spacial score (nSPS) is 11.5. The molecule has 0 unspecified atom stereocenters. The van der Waals surface area contributed by atoms with Crippen LogP contribution in [0.15, 0.2) is 47.4 Å². The molecule has 8 heteroatoms. The molecule has 0 radical (unpaired) electrons. The number of carbonyl (C=O) groups is 1. The van der Waals surface area contributed by atoms with Gasteiger partial charge >= 0.3 is 0 Å². The fourth-order valence-electron chi connectivity index (χ4n) is 2.64. The number of hydrogen-bond donors (Lipinski definition) is 1. The first kappa shape index (κ1) is 21.2. The largest absolute Gasteiger partial charge is 0.376 e. The van der Waals surface area contributed by atoms with E-state index in [4.69, 9.17) is 11.6 Å². The molecule has 0 saturated carbocycles. The van der Waals surface area contributed by atoms with Crippen LogP contribution in [0.2, 0.25) is 5.02 Å². The van der Waals surface area contributed by atoms with Crippen molar-refractivity contribution < 1.29 is 13.2 Å². The van der Waals surface area contributed by atoms with Gasteiger partial charge in [-0.25, -0.2) is 8.42 Å². The van der Waals surface area contributed by atoms with Crippen molar-refractivity contribution >= 4 is 38.9 Å². The highest BCUT2D eigenvalue weighted by molar-refractivity contribution is 7.89. The Bertz CT molecular complexity index is 908. The molecular formula is C19H24ClN3O3S. The number of benzene rings is 2.